The monoisotopic (exact) mass is 334 g/mol. The van der Waals surface area contributed by atoms with Gasteiger partial charge in [0, 0.05) is 19.8 Å². The van der Waals surface area contributed by atoms with Crippen molar-refractivity contribution in [1.29, 1.82) is 0 Å². The predicted molar refractivity (Wildman–Crippen MR) is 91.4 cm³/mol. The van der Waals surface area contributed by atoms with E-state index in [1.54, 1.807) is 0 Å². The molecule has 3 rings (SSSR count). The van der Waals surface area contributed by atoms with Gasteiger partial charge in [0.25, 0.3) is 0 Å². The minimum Gasteiger partial charge on any atom is -0.489 e. The van der Waals surface area contributed by atoms with E-state index in [-0.39, 0.29) is 24.7 Å². The van der Waals surface area contributed by atoms with E-state index in [2.05, 4.69) is 10.6 Å². The maximum absolute atomic E-state index is 12.1. The molecule has 1 aromatic rings. The summed E-state index contributed by atoms with van der Waals surface area (Å²) >= 11 is 0. The quantitative estimate of drug-likeness (QED) is 0.760. The van der Waals surface area contributed by atoms with Crippen molar-refractivity contribution in [1.82, 2.24) is 5.32 Å². The Balaban J connectivity index is 1.43. The molecule has 2 saturated heterocycles. The predicted octanol–water partition coefficient (Wildman–Crippen LogP) is 1.95. The van der Waals surface area contributed by atoms with Gasteiger partial charge >= 0.3 is 0 Å². The van der Waals surface area contributed by atoms with E-state index in [0.717, 1.165) is 38.9 Å². The number of benzene rings is 1. The number of carbonyl (C=O) groups excluding carboxylic acids is 1. The van der Waals surface area contributed by atoms with Crippen LogP contribution < -0.4 is 15.4 Å². The maximum atomic E-state index is 12.1. The van der Waals surface area contributed by atoms with Crippen molar-refractivity contribution < 1.29 is 19.0 Å². The summed E-state index contributed by atoms with van der Waals surface area (Å²) in [7, 11) is 0. The highest BCUT2D eigenvalue weighted by atomic mass is 16.5. The number of hydrogen-bond donors (Lipinski definition) is 2. The van der Waals surface area contributed by atoms with Crippen molar-refractivity contribution in [2.24, 2.45) is 0 Å². The molecule has 2 aliphatic rings. The molecule has 0 aromatic heterocycles. The Morgan fingerprint density at radius 3 is 2.62 bits per heavy atom. The molecule has 0 spiro atoms. The highest BCUT2D eigenvalue weighted by molar-refractivity contribution is 5.93. The van der Waals surface area contributed by atoms with Gasteiger partial charge in [-0.25, -0.2) is 0 Å². The normalized spacial score (nSPS) is 23.3. The number of para-hydroxylation sites is 2. The number of rotatable bonds is 8. The molecule has 2 aliphatic heterocycles. The molecule has 24 heavy (non-hydrogen) atoms. The molecule has 132 valence electrons. The van der Waals surface area contributed by atoms with Crippen LogP contribution in [0.1, 0.15) is 25.7 Å². The van der Waals surface area contributed by atoms with E-state index < -0.39 is 0 Å². The average Bonchev–Trinajstić information content (AvgIpc) is 3.28. The topological polar surface area (TPSA) is 68.8 Å². The maximum Gasteiger partial charge on any atom is 0.238 e. The molecule has 0 radical (unpaired) electrons. The molecule has 0 bridgehead atoms. The molecule has 2 fully saturated rings. The first-order chi connectivity index (χ1) is 11.8. The summed E-state index contributed by atoms with van der Waals surface area (Å²) in [6.45, 7) is 3.13. The fourth-order valence-corrected chi connectivity index (χ4v) is 3.00. The van der Waals surface area contributed by atoms with Crippen LogP contribution in [0.25, 0.3) is 0 Å². The van der Waals surface area contributed by atoms with Crippen LogP contribution in [0.15, 0.2) is 24.3 Å². The van der Waals surface area contributed by atoms with Gasteiger partial charge in [-0.3, -0.25) is 4.79 Å². The molecule has 6 nitrogen and oxygen atoms in total. The van der Waals surface area contributed by atoms with Gasteiger partial charge in [-0.2, -0.15) is 0 Å². The molecule has 2 N–H and O–H groups in total. The molecular weight excluding hydrogens is 308 g/mol. The molecule has 0 aliphatic carbocycles. The van der Waals surface area contributed by atoms with Crippen LogP contribution in [0.2, 0.25) is 0 Å². The van der Waals surface area contributed by atoms with Crippen LogP contribution in [0.3, 0.4) is 0 Å². The second kappa shape index (κ2) is 9.01. The molecule has 6 heteroatoms. The lowest BCUT2D eigenvalue weighted by Crippen LogP contribution is -2.33. The Labute approximate surface area is 142 Å². The first-order valence-corrected chi connectivity index (χ1v) is 8.77. The van der Waals surface area contributed by atoms with Crippen LogP contribution in [0.5, 0.6) is 5.75 Å². The minimum absolute atomic E-state index is 0.0823. The lowest BCUT2D eigenvalue weighted by Gasteiger charge is -2.15. The SMILES string of the molecule is O=C(CNCC1CCCO1)Nc1ccccc1OCC1CCCO1. The zero-order chi connectivity index (χ0) is 16.6. The standard InChI is InChI=1S/C18H26N2O4/c21-18(12-19-11-14-5-3-9-22-14)20-16-7-1-2-8-17(16)24-13-15-6-4-10-23-15/h1-2,7-8,14-15,19H,3-6,9-13H2,(H,20,21). The molecule has 0 saturated carbocycles. The van der Waals surface area contributed by atoms with Crippen LogP contribution in [-0.4, -0.2) is 51.0 Å². The molecule has 2 atom stereocenters. The first-order valence-electron chi connectivity index (χ1n) is 8.77. The van der Waals surface area contributed by atoms with Gasteiger partial charge in [0.1, 0.15) is 12.4 Å². The largest absolute Gasteiger partial charge is 0.489 e. The second-order valence-corrected chi connectivity index (χ2v) is 6.26. The zero-order valence-corrected chi connectivity index (χ0v) is 14.0. The van der Waals surface area contributed by atoms with Crippen LogP contribution in [0, 0.1) is 0 Å². The van der Waals surface area contributed by atoms with Crippen LogP contribution in [0.4, 0.5) is 5.69 Å². The number of ether oxygens (including phenoxy) is 3. The lowest BCUT2D eigenvalue weighted by atomic mass is 10.2. The first kappa shape index (κ1) is 17.2. The Kier molecular flexibility index (Phi) is 6.46. The van der Waals surface area contributed by atoms with Crippen LogP contribution in [-0.2, 0) is 14.3 Å². The van der Waals surface area contributed by atoms with Crippen molar-refractivity contribution in [3.63, 3.8) is 0 Å². The summed E-state index contributed by atoms with van der Waals surface area (Å²) in [5.41, 5.74) is 0.694. The van der Waals surface area contributed by atoms with E-state index in [4.69, 9.17) is 14.2 Å². The Morgan fingerprint density at radius 2 is 1.88 bits per heavy atom. The van der Waals surface area contributed by atoms with Gasteiger partial charge in [-0.15, -0.1) is 0 Å². The van der Waals surface area contributed by atoms with Crippen LogP contribution >= 0.6 is 0 Å². The Morgan fingerprint density at radius 1 is 1.12 bits per heavy atom. The van der Waals surface area contributed by atoms with Crippen molar-refractivity contribution in [2.75, 3.05) is 38.2 Å². The number of amides is 1. The summed E-state index contributed by atoms with van der Waals surface area (Å²) in [6, 6.07) is 7.50. The lowest BCUT2D eigenvalue weighted by molar-refractivity contribution is -0.115. The molecule has 2 heterocycles. The highest BCUT2D eigenvalue weighted by Crippen LogP contribution is 2.25. The number of nitrogens with one attached hydrogen (secondary N) is 2. The third-order valence-electron chi connectivity index (χ3n) is 4.29. The number of hydrogen-bond acceptors (Lipinski definition) is 5. The summed E-state index contributed by atoms with van der Waals surface area (Å²) in [5, 5.41) is 6.05. The molecular formula is C18H26N2O4. The molecule has 2 unspecified atom stereocenters. The highest BCUT2D eigenvalue weighted by Gasteiger charge is 2.18. The number of carbonyl (C=O) groups is 1. The Hall–Kier alpha value is -1.63. The van der Waals surface area contributed by atoms with Crippen molar-refractivity contribution in [3.05, 3.63) is 24.3 Å². The minimum atomic E-state index is -0.0823. The van der Waals surface area contributed by atoms with Gasteiger partial charge in [0.2, 0.25) is 5.91 Å². The van der Waals surface area contributed by atoms with Crippen molar-refractivity contribution in [3.8, 4) is 5.75 Å². The summed E-state index contributed by atoms with van der Waals surface area (Å²) < 4.78 is 16.9. The third-order valence-corrected chi connectivity index (χ3v) is 4.29. The van der Waals surface area contributed by atoms with Gasteiger partial charge in [0.15, 0.2) is 0 Å². The van der Waals surface area contributed by atoms with E-state index in [1.807, 2.05) is 24.3 Å². The van der Waals surface area contributed by atoms with E-state index >= 15 is 0 Å². The van der Waals surface area contributed by atoms with Gasteiger partial charge in [-0.05, 0) is 37.8 Å². The number of anilines is 1. The molecule has 1 amide bonds. The smallest absolute Gasteiger partial charge is 0.238 e. The van der Waals surface area contributed by atoms with Gasteiger partial charge in [0.05, 0.1) is 24.4 Å². The van der Waals surface area contributed by atoms with Gasteiger partial charge in [-0.1, -0.05) is 12.1 Å². The zero-order valence-electron chi connectivity index (χ0n) is 14.0. The summed E-state index contributed by atoms with van der Waals surface area (Å²) in [6.07, 6.45) is 4.68. The van der Waals surface area contributed by atoms with Gasteiger partial charge < -0.3 is 24.8 Å². The Bertz CT molecular complexity index is 526. The van der Waals surface area contributed by atoms with Crippen molar-refractivity contribution in [2.45, 2.75) is 37.9 Å². The fourth-order valence-electron chi connectivity index (χ4n) is 3.00. The molecule has 1 aromatic carbocycles. The summed E-state index contributed by atoms with van der Waals surface area (Å²) in [4.78, 5) is 12.1. The average molecular weight is 334 g/mol. The summed E-state index contributed by atoms with van der Waals surface area (Å²) in [5.74, 6) is 0.599. The van der Waals surface area contributed by atoms with E-state index in [0.29, 0.717) is 24.6 Å². The fraction of sp³-hybridized carbons (Fsp3) is 0.611. The van der Waals surface area contributed by atoms with E-state index in [1.165, 1.54) is 0 Å². The third kappa shape index (κ3) is 5.19. The second-order valence-electron chi connectivity index (χ2n) is 6.26. The van der Waals surface area contributed by atoms with Crippen molar-refractivity contribution >= 4 is 11.6 Å². The van der Waals surface area contributed by atoms with E-state index in [9.17, 15) is 4.79 Å².